The Bertz CT molecular complexity index is 1330. The first kappa shape index (κ1) is 17.8. The van der Waals surface area contributed by atoms with E-state index in [-0.39, 0.29) is 12.2 Å². The van der Waals surface area contributed by atoms with Crippen LogP contribution in [0.5, 0.6) is 11.5 Å². The van der Waals surface area contributed by atoms with E-state index < -0.39 is 6.03 Å². The molecule has 1 aliphatic heterocycles. The molecule has 0 saturated carbocycles. The molecular formula is C23H16N2O5. The maximum Gasteiger partial charge on any atom is 0.323 e. The van der Waals surface area contributed by atoms with Crippen LogP contribution < -0.4 is 25.5 Å². The van der Waals surface area contributed by atoms with Gasteiger partial charge in [0.1, 0.15) is 11.3 Å². The molecule has 0 spiro atoms. The Morgan fingerprint density at radius 3 is 2.50 bits per heavy atom. The van der Waals surface area contributed by atoms with Gasteiger partial charge < -0.3 is 24.5 Å². The minimum absolute atomic E-state index is 0.120. The lowest BCUT2D eigenvalue weighted by Gasteiger charge is -2.10. The molecule has 1 aromatic heterocycles. The summed E-state index contributed by atoms with van der Waals surface area (Å²) < 4.78 is 16.4. The average molecular weight is 400 g/mol. The van der Waals surface area contributed by atoms with Crippen molar-refractivity contribution in [3.8, 4) is 22.8 Å². The number of fused-ring (bicyclic) bond motifs is 2. The maximum absolute atomic E-state index is 12.4. The highest BCUT2D eigenvalue weighted by Gasteiger charge is 2.14. The normalized spacial score (nSPS) is 12.0. The lowest BCUT2D eigenvalue weighted by atomic mass is 10.1. The van der Waals surface area contributed by atoms with Gasteiger partial charge in [-0.25, -0.2) is 4.79 Å². The second kappa shape index (κ2) is 7.29. The molecule has 30 heavy (non-hydrogen) atoms. The molecular weight excluding hydrogens is 384 g/mol. The van der Waals surface area contributed by atoms with Crippen molar-refractivity contribution in [3.05, 3.63) is 83.0 Å². The van der Waals surface area contributed by atoms with E-state index in [1.165, 1.54) is 6.07 Å². The predicted molar refractivity (Wildman–Crippen MR) is 113 cm³/mol. The molecule has 4 aromatic rings. The van der Waals surface area contributed by atoms with Gasteiger partial charge in [0.2, 0.25) is 6.79 Å². The van der Waals surface area contributed by atoms with Crippen molar-refractivity contribution in [1.29, 1.82) is 0 Å². The van der Waals surface area contributed by atoms with Gasteiger partial charge in [-0.3, -0.25) is 4.79 Å². The van der Waals surface area contributed by atoms with Crippen molar-refractivity contribution < 1.29 is 18.7 Å². The van der Waals surface area contributed by atoms with E-state index in [4.69, 9.17) is 13.9 Å². The fourth-order valence-electron chi connectivity index (χ4n) is 3.26. The Hall–Kier alpha value is -4.26. The van der Waals surface area contributed by atoms with Crippen LogP contribution in [-0.2, 0) is 0 Å². The van der Waals surface area contributed by atoms with Gasteiger partial charge in [0.15, 0.2) is 16.9 Å². The highest BCUT2D eigenvalue weighted by Crippen LogP contribution is 2.34. The molecule has 0 atom stereocenters. The predicted octanol–water partition coefficient (Wildman–Crippen LogP) is 4.83. The van der Waals surface area contributed by atoms with Crippen LogP contribution in [-0.4, -0.2) is 12.8 Å². The smallest absolute Gasteiger partial charge is 0.323 e. The first-order chi connectivity index (χ1) is 14.7. The number of anilines is 2. The molecule has 2 heterocycles. The quantitative estimate of drug-likeness (QED) is 0.514. The van der Waals surface area contributed by atoms with Crippen LogP contribution in [0, 0.1) is 0 Å². The molecule has 0 fully saturated rings. The molecule has 0 saturated heterocycles. The number of hydrogen-bond donors (Lipinski definition) is 2. The van der Waals surface area contributed by atoms with Gasteiger partial charge in [0.05, 0.1) is 5.39 Å². The second-order valence-corrected chi connectivity index (χ2v) is 6.70. The largest absolute Gasteiger partial charge is 0.456 e. The molecule has 0 radical (unpaired) electrons. The van der Waals surface area contributed by atoms with Crippen LogP contribution in [0.2, 0.25) is 0 Å². The van der Waals surface area contributed by atoms with Gasteiger partial charge in [-0.05, 0) is 36.4 Å². The Morgan fingerprint density at radius 2 is 1.60 bits per heavy atom. The minimum atomic E-state index is -0.411. The molecule has 5 rings (SSSR count). The Kier molecular flexibility index (Phi) is 4.33. The number of rotatable bonds is 3. The molecule has 0 unspecified atom stereocenters. The zero-order chi connectivity index (χ0) is 20.5. The van der Waals surface area contributed by atoms with Gasteiger partial charge in [0.25, 0.3) is 0 Å². The third kappa shape index (κ3) is 3.44. The van der Waals surface area contributed by atoms with Crippen molar-refractivity contribution in [2.24, 2.45) is 0 Å². The van der Waals surface area contributed by atoms with E-state index >= 15 is 0 Å². The summed E-state index contributed by atoms with van der Waals surface area (Å²) in [5.74, 6) is 1.66. The van der Waals surface area contributed by atoms with Crippen LogP contribution in [0.25, 0.3) is 22.3 Å². The number of ether oxygens (including phenoxy) is 2. The van der Waals surface area contributed by atoms with Gasteiger partial charge in [-0.2, -0.15) is 0 Å². The minimum Gasteiger partial charge on any atom is -0.456 e. The van der Waals surface area contributed by atoms with Gasteiger partial charge >= 0.3 is 6.03 Å². The third-order valence-corrected chi connectivity index (χ3v) is 4.67. The van der Waals surface area contributed by atoms with E-state index in [0.29, 0.717) is 45.2 Å². The van der Waals surface area contributed by atoms with Crippen LogP contribution in [0.4, 0.5) is 16.2 Å². The number of para-hydroxylation sites is 1. The molecule has 2 N–H and O–H groups in total. The highest BCUT2D eigenvalue weighted by molar-refractivity contribution is 6.00. The summed E-state index contributed by atoms with van der Waals surface area (Å²) >= 11 is 0. The Labute approximate surface area is 170 Å². The van der Waals surface area contributed by atoms with Crippen LogP contribution in [0.1, 0.15) is 0 Å². The summed E-state index contributed by atoms with van der Waals surface area (Å²) in [6.07, 6.45) is 0. The SMILES string of the molecule is O=C(Nc1cccc(-c2cc(=O)c3ccccc3o2)c1)Nc1ccc2c(c1)OCO2. The van der Waals surface area contributed by atoms with Crippen molar-refractivity contribution in [3.63, 3.8) is 0 Å². The maximum atomic E-state index is 12.4. The number of hydrogen-bond acceptors (Lipinski definition) is 5. The summed E-state index contributed by atoms with van der Waals surface area (Å²) in [7, 11) is 0. The lowest BCUT2D eigenvalue weighted by molar-refractivity contribution is 0.174. The van der Waals surface area contributed by atoms with E-state index in [1.807, 2.05) is 12.1 Å². The third-order valence-electron chi connectivity index (χ3n) is 4.67. The van der Waals surface area contributed by atoms with Crippen molar-refractivity contribution in [2.75, 3.05) is 17.4 Å². The molecule has 7 nitrogen and oxygen atoms in total. The first-order valence-electron chi connectivity index (χ1n) is 9.27. The highest BCUT2D eigenvalue weighted by atomic mass is 16.7. The van der Waals surface area contributed by atoms with Crippen LogP contribution in [0.3, 0.4) is 0 Å². The van der Waals surface area contributed by atoms with Gasteiger partial charge in [-0.1, -0.05) is 24.3 Å². The molecule has 2 amide bonds. The van der Waals surface area contributed by atoms with E-state index in [0.717, 1.165) is 0 Å². The summed E-state index contributed by atoms with van der Waals surface area (Å²) in [4.78, 5) is 24.8. The lowest BCUT2D eigenvalue weighted by Crippen LogP contribution is -2.19. The number of carbonyl (C=O) groups is 1. The second-order valence-electron chi connectivity index (χ2n) is 6.70. The molecule has 1 aliphatic rings. The topological polar surface area (TPSA) is 89.8 Å². The average Bonchev–Trinajstić information content (AvgIpc) is 3.22. The van der Waals surface area contributed by atoms with Gasteiger partial charge in [-0.15, -0.1) is 0 Å². The van der Waals surface area contributed by atoms with E-state index in [1.54, 1.807) is 54.6 Å². The monoisotopic (exact) mass is 400 g/mol. The fraction of sp³-hybridized carbons (Fsp3) is 0.0435. The Morgan fingerprint density at radius 1 is 0.800 bits per heavy atom. The van der Waals surface area contributed by atoms with Crippen molar-refractivity contribution in [2.45, 2.75) is 0 Å². The molecule has 0 aliphatic carbocycles. The number of amides is 2. The molecule has 3 aromatic carbocycles. The summed E-state index contributed by atoms with van der Waals surface area (Å²) in [6, 6.07) is 20.4. The molecule has 0 bridgehead atoms. The van der Waals surface area contributed by atoms with Crippen molar-refractivity contribution in [1.82, 2.24) is 0 Å². The number of urea groups is 1. The van der Waals surface area contributed by atoms with Crippen LogP contribution in [0.15, 0.2) is 82.0 Å². The molecule has 7 heteroatoms. The fourth-order valence-corrected chi connectivity index (χ4v) is 3.26. The number of benzene rings is 3. The van der Waals surface area contributed by atoms with Gasteiger partial charge in [0, 0.05) is 29.1 Å². The summed E-state index contributed by atoms with van der Waals surface area (Å²) in [5.41, 5.74) is 2.21. The standard InChI is InChI=1S/C23H16N2O5/c26-18-12-21(30-19-7-2-1-6-17(18)19)14-4-3-5-15(10-14)24-23(27)25-16-8-9-20-22(11-16)29-13-28-20/h1-12H,13H2,(H2,24,25,27). The van der Waals surface area contributed by atoms with E-state index in [2.05, 4.69) is 10.6 Å². The summed E-state index contributed by atoms with van der Waals surface area (Å²) in [5, 5.41) is 6.06. The summed E-state index contributed by atoms with van der Waals surface area (Å²) in [6.45, 7) is 0.169. The molecule has 148 valence electrons. The number of nitrogens with one attached hydrogen (secondary N) is 2. The first-order valence-corrected chi connectivity index (χ1v) is 9.27. The zero-order valence-corrected chi connectivity index (χ0v) is 15.7. The Balaban J connectivity index is 1.36. The van der Waals surface area contributed by atoms with E-state index in [9.17, 15) is 9.59 Å². The van der Waals surface area contributed by atoms with Crippen LogP contribution >= 0.6 is 0 Å². The van der Waals surface area contributed by atoms with Crippen molar-refractivity contribution >= 4 is 28.4 Å². The zero-order valence-electron chi connectivity index (χ0n) is 15.7. The number of carbonyl (C=O) groups excluding carboxylic acids is 1.